The molecule has 0 aliphatic carbocycles. The van der Waals surface area contributed by atoms with Crippen LogP contribution in [0.1, 0.15) is 0 Å². The number of benzene rings is 1. The van der Waals surface area contributed by atoms with Crippen molar-refractivity contribution in [1.82, 2.24) is 9.88 Å². The number of oxazole rings is 1. The molecule has 0 radical (unpaired) electrons. The summed E-state index contributed by atoms with van der Waals surface area (Å²) in [6.45, 7) is 3.97. The zero-order chi connectivity index (χ0) is 11.8. The highest BCUT2D eigenvalue weighted by Crippen LogP contribution is 2.26. The third-order valence-corrected chi connectivity index (χ3v) is 3.21. The van der Waals surface area contributed by atoms with Crippen LogP contribution < -0.4 is 10.6 Å². The molecule has 1 aliphatic heterocycles. The van der Waals surface area contributed by atoms with Gasteiger partial charge in [0.2, 0.25) is 0 Å². The van der Waals surface area contributed by atoms with Gasteiger partial charge in [-0.2, -0.15) is 4.98 Å². The summed E-state index contributed by atoms with van der Waals surface area (Å²) in [7, 11) is 2.13. The highest BCUT2D eigenvalue weighted by atomic mass is 16.4. The Labute approximate surface area is 99.8 Å². The second-order valence-corrected chi connectivity index (χ2v) is 4.48. The van der Waals surface area contributed by atoms with Gasteiger partial charge in [-0.05, 0) is 19.2 Å². The second-order valence-electron chi connectivity index (χ2n) is 4.48. The van der Waals surface area contributed by atoms with Crippen molar-refractivity contribution < 1.29 is 4.42 Å². The molecule has 0 spiro atoms. The second kappa shape index (κ2) is 3.92. The zero-order valence-electron chi connectivity index (χ0n) is 9.89. The monoisotopic (exact) mass is 232 g/mol. The number of nitrogens with two attached hydrogens (primary N) is 1. The molecule has 3 rings (SSSR count). The van der Waals surface area contributed by atoms with Crippen molar-refractivity contribution in [2.24, 2.45) is 0 Å². The van der Waals surface area contributed by atoms with Crippen molar-refractivity contribution in [3.8, 4) is 0 Å². The van der Waals surface area contributed by atoms with E-state index >= 15 is 0 Å². The fourth-order valence-corrected chi connectivity index (χ4v) is 2.09. The molecule has 17 heavy (non-hydrogen) atoms. The van der Waals surface area contributed by atoms with Gasteiger partial charge in [0.25, 0.3) is 6.01 Å². The van der Waals surface area contributed by atoms with Crippen LogP contribution in [0, 0.1) is 0 Å². The number of hydrogen-bond acceptors (Lipinski definition) is 5. The quantitative estimate of drug-likeness (QED) is 0.748. The summed E-state index contributed by atoms with van der Waals surface area (Å²) in [5.74, 6) is 0. The molecule has 1 saturated heterocycles. The maximum atomic E-state index is 5.87. The summed E-state index contributed by atoms with van der Waals surface area (Å²) in [5, 5.41) is 0. The van der Waals surface area contributed by atoms with Crippen molar-refractivity contribution in [2.45, 2.75) is 0 Å². The van der Waals surface area contributed by atoms with Gasteiger partial charge in [-0.15, -0.1) is 0 Å². The van der Waals surface area contributed by atoms with Gasteiger partial charge < -0.3 is 20.0 Å². The minimum absolute atomic E-state index is 0.673. The molecule has 90 valence electrons. The summed E-state index contributed by atoms with van der Waals surface area (Å²) in [6, 6.07) is 6.32. The number of aromatic nitrogens is 1. The first kappa shape index (κ1) is 10.4. The van der Waals surface area contributed by atoms with Crippen molar-refractivity contribution in [1.29, 1.82) is 0 Å². The van der Waals surface area contributed by atoms with Crippen LogP contribution in [0.2, 0.25) is 0 Å². The highest BCUT2D eigenvalue weighted by molar-refractivity contribution is 5.86. The molecule has 0 atom stereocenters. The van der Waals surface area contributed by atoms with Gasteiger partial charge in [0.05, 0.1) is 5.69 Å². The smallest absolute Gasteiger partial charge is 0.298 e. The van der Waals surface area contributed by atoms with Crippen LogP contribution in [0.4, 0.5) is 11.7 Å². The lowest BCUT2D eigenvalue weighted by atomic mass is 10.3. The summed E-state index contributed by atoms with van der Waals surface area (Å²) >= 11 is 0. The van der Waals surface area contributed by atoms with E-state index in [1.54, 1.807) is 0 Å². The molecule has 2 aromatic rings. The first-order valence-electron chi connectivity index (χ1n) is 5.82. The molecule has 0 unspecified atom stereocenters. The van der Waals surface area contributed by atoms with Crippen LogP contribution in [0.15, 0.2) is 22.6 Å². The third-order valence-electron chi connectivity index (χ3n) is 3.21. The Kier molecular flexibility index (Phi) is 2.40. The number of nitrogens with zero attached hydrogens (tertiary/aromatic N) is 3. The van der Waals surface area contributed by atoms with Gasteiger partial charge in [0, 0.05) is 26.2 Å². The Balaban J connectivity index is 1.93. The number of para-hydroxylation sites is 1. The maximum absolute atomic E-state index is 5.87. The van der Waals surface area contributed by atoms with E-state index in [4.69, 9.17) is 10.2 Å². The standard InChI is InChI=1S/C12H16N4O/c1-15-5-7-16(8-6-15)12-14-11-9(13)3-2-4-10(11)17-12/h2-4H,5-8,13H2,1H3. The number of likely N-dealkylation sites (N-methyl/N-ethyl adjacent to an activating group) is 1. The van der Waals surface area contributed by atoms with Crippen LogP contribution in [-0.2, 0) is 0 Å². The molecule has 1 aromatic carbocycles. The Morgan fingerprint density at radius 1 is 1.24 bits per heavy atom. The maximum Gasteiger partial charge on any atom is 0.298 e. The van der Waals surface area contributed by atoms with Gasteiger partial charge >= 0.3 is 0 Å². The fraction of sp³-hybridized carbons (Fsp3) is 0.417. The minimum atomic E-state index is 0.673. The van der Waals surface area contributed by atoms with E-state index in [2.05, 4.69) is 21.8 Å². The van der Waals surface area contributed by atoms with Gasteiger partial charge in [-0.25, -0.2) is 0 Å². The van der Waals surface area contributed by atoms with Crippen molar-refractivity contribution in [3.63, 3.8) is 0 Å². The largest absolute Gasteiger partial charge is 0.423 e. The first-order chi connectivity index (χ1) is 8.24. The molecule has 1 fully saturated rings. The number of hydrogen-bond donors (Lipinski definition) is 1. The molecule has 2 heterocycles. The fourth-order valence-electron chi connectivity index (χ4n) is 2.09. The van der Waals surface area contributed by atoms with Crippen molar-refractivity contribution >= 4 is 22.8 Å². The lowest BCUT2D eigenvalue weighted by Crippen LogP contribution is -2.44. The molecule has 0 saturated carbocycles. The zero-order valence-corrected chi connectivity index (χ0v) is 9.89. The van der Waals surface area contributed by atoms with Crippen LogP contribution in [-0.4, -0.2) is 43.1 Å². The Morgan fingerprint density at radius 2 is 2.00 bits per heavy atom. The van der Waals surface area contributed by atoms with E-state index in [0.29, 0.717) is 11.7 Å². The van der Waals surface area contributed by atoms with Crippen molar-refractivity contribution in [2.75, 3.05) is 43.9 Å². The molecular weight excluding hydrogens is 216 g/mol. The minimum Gasteiger partial charge on any atom is -0.423 e. The van der Waals surface area contributed by atoms with E-state index < -0.39 is 0 Å². The van der Waals surface area contributed by atoms with Gasteiger partial charge in [-0.3, -0.25) is 0 Å². The number of fused-ring (bicyclic) bond motifs is 1. The summed E-state index contributed by atoms with van der Waals surface area (Å²) in [5.41, 5.74) is 8.07. The van der Waals surface area contributed by atoms with Crippen LogP contribution >= 0.6 is 0 Å². The van der Waals surface area contributed by atoms with Crippen LogP contribution in [0.5, 0.6) is 0 Å². The normalized spacial score (nSPS) is 17.8. The van der Waals surface area contributed by atoms with E-state index in [-0.39, 0.29) is 0 Å². The Hall–Kier alpha value is -1.75. The molecule has 2 N–H and O–H groups in total. The molecule has 1 aliphatic rings. The number of rotatable bonds is 1. The summed E-state index contributed by atoms with van der Waals surface area (Å²) in [6.07, 6.45) is 0. The third kappa shape index (κ3) is 1.82. The topological polar surface area (TPSA) is 58.5 Å². The van der Waals surface area contributed by atoms with Gasteiger partial charge in [-0.1, -0.05) is 6.07 Å². The predicted molar refractivity (Wildman–Crippen MR) is 68.1 cm³/mol. The average Bonchev–Trinajstić information content (AvgIpc) is 2.75. The van der Waals surface area contributed by atoms with Crippen LogP contribution in [0.25, 0.3) is 11.1 Å². The van der Waals surface area contributed by atoms with Crippen LogP contribution in [0.3, 0.4) is 0 Å². The van der Waals surface area contributed by atoms with E-state index in [9.17, 15) is 0 Å². The Bertz CT molecular complexity index is 528. The number of anilines is 2. The summed E-state index contributed by atoms with van der Waals surface area (Å²) in [4.78, 5) is 8.94. The highest BCUT2D eigenvalue weighted by Gasteiger charge is 2.19. The van der Waals surface area contributed by atoms with E-state index in [1.807, 2.05) is 18.2 Å². The SMILES string of the molecule is CN1CCN(c2nc3c(N)cccc3o2)CC1. The van der Waals surface area contributed by atoms with E-state index in [0.717, 1.165) is 37.3 Å². The first-order valence-corrected chi connectivity index (χ1v) is 5.82. The summed E-state index contributed by atoms with van der Waals surface area (Å²) < 4.78 is 5.74. The molecule has 0 bridgehead atoms. The molecule has 5 heteroatoms. The Morgan fingerprint density at radius 3 is 2.71 bits per heavy atom. The molecular formula is C12H16N4O. The predicted octanol–water partition coefficient (Wildman–Crippen LogP) is 1.16. The van der Waals surface area contributed by atoms with E-state index in [1.165, 1.54) is 0 Å². The lowest BCUT2D eigenvalue weighted by Gasteiger charge is -2.31. The molecule has 5 nitrogen and oxygen atoms in total. The van der Waals surface area contributed by atoms with Gasteiger partial charge in [0.15, 0.2) is 5.58 Å². The molecule has 0 amide bonds. The average molecular weight is 232 g/mol. The van der Waals surface area contributed by atoms with Gasteiger partial charge in [0.1, 0.15) is 5.52 Å². The van der Waals surface area contributed by atoms with Crippen molar-refractivity contribution in [3.05, 3.63) is 18.2 Å². The number of nitrogen functional groups attached to an aromatic ring is 1. The lowest BCUT2D eigenvalue weighted by molar-refractivity contribution is 0.305. The number of piperazine rings is 1. The molecule has 1 aromatic heterocycles.